The zero-order valence-electron chi connectivity index (χ0n) is 12.5. The number of aliphatic carboxylic acids is 1. The standard InChI is InChI=1S/C17H21NO4/c19-16(11-22-13-7-2-1-3-8-13)18-14-9-5-4-6-12(14)10-15(18)17(20)21/h1-3,7-8,12,14-15H,4-6,9-11H2,(H,20,21)/t12-,14-,15+/m0/s1. The highest BCUT2D eigenvalue weighted by molar-refractivity contribution is 5.85. The van der Waals surface area contributed by atoms with Crippen molar-refractivity contribution in [1.82, 2.24) is 4.90 Å². The van der Waals surface area contributed by atoms with Crippen LogP contribution in [0, 0.1) is 5.92 Å². The van der Waals surface area contributed by atoms with Crippen molar-refractivity contribution in [2.75, 3.05) is 6.61 Å². The van der Waals surface area contributed by atoms with Gasteiger partial charge < -0.3 is 14.7 Å². The Kier molecular flexibility index (Phi) is 4.32. The van der Waals surface area contributed by atoms with Crippen LogP contribution in [0.4, 0.5) is 0 Å². The van der Waals surface area contributed by atoms with E-state index >= 15 is 0 Å². The molecule has 1 aromatic carbocycles. The van der Waals surface area contributed by atoms with Crippen LogP contribution in [0.2, 0.25) is 0 Å². The number of fused-ring (bicyclic) bond motifs is 1. The Morgan fingerprint density at radius 1 is 1.18 bits per heavy atom. The van der Waals surface area contributed by atoms with E-state index < -0.39 is 12.0 Å². The second-order valence-corrected chi connectivity index (χ2v) is 6.10. The van der Waals surface area contributed by atoms with Gasteiger partial charge in [-0.3, -0.25) is 4.79 Å². The number of carboxylic acids is 1. The summed E-state index contributed by atoms with van der Waals surface area (Å²) < 4.78 is 5.50. The van der Waals surface area contributed by atoms with Crippen LogP contribution in [0.3, 0.4) is 0 Å². The number of carbonyl (C=O) groups is 2. The molecule has 0 bridgehead atoms. The van der Waals surface area contributed by atoms with Crippen LogP contribution >= 0.6 is 0 Å². The summed E-state index contributed by atoms with van der Waals surface area (Å²) in [7, 11) is 0. The van der Waals surface area contributed by atoms with E-state index in [-0.39, 0.29) is 18.6 Å². The van der Waals surface area contributed by atoms with Gasteiger partial charge in [0.1, 0.15) is 11.8 Å². The maximum atomic E-state index is 12.5. The van der Waals surface area contributed by atoms with Gasteiger partial charge in [0.25, 0.3) is 5.91 Å². The molecule has 0 spiro atoms. The number of benzene rings is 1. The molecule has 1 aliphatic heterocycles. The Bertz CT molecular complexity index is 545. The third-order valence-electron chi connectivity index (χ3n) is 4.77. The number of carbonyl (C=O) groups excluding carboxylic acids is 1. The van der Waals surface area contributed by atoms with Crippen LogP contribution in [0.5, 0.6) is 5.75 Å². The third-order valence-corrected chi connectivity index (χ3v) is 4.77. The van der Waals surface area contributed by atoms with E-state index in [0.29, 0.717) is 18.1 Å². The normalized spacial score (nSPS) is 27.3. The molecule has 2 fully saturated rings. The lowest BCUT2D eigenvalue weighted by molar-refractivity contribution is -0.150. The largest absolute Gasteiger partial charge is 0.484 e. The van der Waals surface area contributed by atoms with Gasteiger partial charge in [-0.1, -0.05) is 31.0 Å². The van der Waals surface area contributed by atoms with Crippen LogP contribution in [-0.2, 0) is 9.59 Å². The summed E-state index contributed by atoms with van der Waals surface area (Å²) in [4.78, 5) is 25.6. The predicted octanol–water partition coefficient (Wildman–Crippen LogP) is 2.31. The molecule has 1 amide bonds. The van der Waals surface area contributed by atoms with E-state index in [0.717, 1.165) is 25.7 Å². The molecule has 1 N–H and O–H groups in total. The first-order chi connectivity index (χ1) is 10.7. The second kappa shape index (κ2) is 6.38. The quantitative estimate of drug-likeness (QED) is 0.927. The molecule has 2 aliphatic rings. The van der Waals surface area contributed by atoms with E-state index in [9.17, 15) is 14.7 Å². The molecule has 22 heavy (non-hydrogen) atoms. The number of hydrogen-bond acceptors (Lipinski definition) is 3. The molecule has 1 aliphatic carbocycles. The molecule has 5 heteroatoms. The van der Waals surface area contributed by atoms with Gasteiger partial charge >= 0.3 is 5.97 Å². The zero-order valence-corrected chi connectivity index (χ0v) is 12.5. The SMILES string of the molecule is O=C(O)[C@H]1C[C@@H]2CCCC[C@@H]2N1C(=O)COc1ccccc1. The first kappa shape index (κ1) is 14.9. The first-order valence-electron chi connectivity index (χ1n) is 7.88. The molecule has 3 atom stereocenters. The molecule has 0 aromatic heterocycles. The summed E-state index contributed by atoms with van der Waals surface area (Å²) >= 11 is 0. The van der Waals surface area contributed by atoms with Gasteiger partial charge in [-0.2, -0.15) is 0 Å². The Morgan fingerprint density at radius 2 is 1.91 bits per heavy atom. The summed E-state index contributed by atoms with van der Waals surface area (Å²) in [5.74, 6) is -0.161. The number of likely N-dealkylation sites (tertiary alicyclic amines) is 1. The lowest BCUT2D eigenvalue weighted by Gasteiger charge is -2.32. The third kappa shape index (κ3) is 2.93. The number of amides is 1. The molecule has 0 radical (unpaired) electrons. The Labute approximate surface area is 129 Å². The molecule has 1 saturated carbocycles. The van der Waals surface area contributed by atoms with E-state index in [1.165, 1.54) is 0 Å². The van der Waals surface area contributed by atoms with Crippen LogP contribution in [-0.4, -0.2) is 40.6 Å². The first-order valence-corrected chi connectivity index (χ1v) is 7.88. The van der Waals surface area contributed by atoms with Gasteiger partial charge in [0.2, 0.25) is 0 Å². The fourth-order valence-corrected chi connectivity index (χ4v) is 3.78. The van der Waals surface area contributed by atoms with Crippen molar-refractivity contribution in [2.24, 2.45) is 5.92 Å². The van der Waals surface area contributed by atoms with E-state index in [1.807, 2.05) is 18.2 Å². The molecule has 3 rings (SSSR count). The topological polar surface area (TPSA) is 66.8 Å². The van der Waals surface area contributed by atoms with Crippen molar-refractivity contribution in [1.29, 1.82) is 0 Å². The van der Waals surface area contributed by atoms with Crippen molar-refractivity contribution < 1.29 is 19.4 Å². The van der Waals surface area contributed by atoms with Crippen molar-refractivity contribution in [3.8, 4) is 5.75 Å². The Balaban J connectivity index is 1.69. The maximum absolute atomic E-state index is 12.5. The average Bonchev–Trinajstić information content (AvgIpc) is 2.93. The minimum Gasteiger partial charge on any atom is -0.484 e. The van der Waals surface area contributed by atoms with Crippen molar-refractivity contribution in [2.45, 2.75) is 44.2 Å². The number of para-hydroxylation sites is 1. The minimum absolute atomic E-state index is 0.0710. The lowest BCUT2D eigenvalue weighted by atomic mass is 9.85. The van der Waals surface area contributed by atoms with Crippen LogP contribution < -0.4 is 4.74 Å². The van der Waals surface area contributed by atoms with Crippen molar-refractivity contribution in [3.05, 3.63) is 30.3 Å². The Morgan fingerprint density at radius 3 is 2.64 bits per heavy atom. The fraction of sp³-hybridized carbons (Fsp3) is 0.529. The number of hydrogen-bond donors (Lipinski definition) is 1. The summed E-state index contributed by atoms with van der Waals surface area (Å²) in [6.45, 7) is -0.100. The monoisotopic (exact) mass is 303 g/mol. The molecule has 1 saturated heterocycles. The van der Waals surface area contributed by atoms with Crippen molar-refractivity contribution in [3.63, 3.8) is 0 Å². The summed E-state index contributed by atoms with van der Waals surface area (Å²) in [5, 5.41) is 9.43. The van der Waals surface area contributed by atoms with E-state index in [2.05, 4.69) is 0 Å². The minimum atomic E-state index is -0.900. The van der Waals surface area contributed by atoms with E-state index in [4.69, 9.17) is 4.74 Å². The van der Waals surface area contributed by atoms with Gasteiger partial charge in [0.05, 0.1) is 0 Å². The smallest absolute Gasteiger partial charge is 0.326 e. The molecule has 5 nitrogen and oxygen atoms in total. The zero-order chi connectivity index (χ0) is 15.5. The van der Waals surface area contributed by atoms with Crippen LogP contribution in [0.25, 0.3) is 0 Å². The molecule has 0 unspecified atom stereocenters. The highest BCUT2D eigenvalue weighted by Gasteiger charge is 2.47. The molecule has 1 aromatic rings. The summed E-state index contributed by atoms with van der Waals surface area (Å²) in [6, 6.07) is 8.51. The fourth-order valence-electron chi connectivity index (χ4n) is 3.78. The van der Waals surface area contributed by atoms with Gasteiger partial charge in [-0.05, 0) is 37.3 Å². The molecular formula is C17H21NO4. The van der Waals surface area contributed by atoms with Gasteiger partial charge in [-0.15, -0.1) is 0 Å². The number of nitrogens with zero attached hydrogens (tertiary/aromatic N) is 1. The van der Waals surface area contributed by atoms with Gasteiger partial charge in [-0.25, -0.2) is 4.79 Å². The predicted molar refractivity (Wildman–Crippen MR) is 80.6 cm³/mol. The number of ether oxygens (including phenoxy) is 1. The van der Waals surface area contributed by atoms with Crippen LogP contribution in [0.15, 0.2) is 30.3 Å². The summed E-state index contributed by atoms with van der Waals surface area (Å²) in [6.07, 6.45) is 4.72. The molecule has 1 heterocycles. The van der Waals surface area contributed by atoms with Gasteiger partial charge in [0.15, 0.2) is 6.61 Å². The number of carboxylic acid groups (broad SMARTS) is 1. The van der Waals surface area contributed by atoms with Crippen LogP contribution in [0.1, 0.15) is 32.1 Å². The molecule has 118 valence electrons. The summed E-state index contributed by atoms with van der Waals surface area (Å²) in [5.41, 5.74) is 0. The highest BCUT2D eigenvalue weighted by atomic mass is 16.5. The lowest BCUT2D eigenvalue weighted by Crippen LogP contribution is -2.48. The van der Waals surface area contributed by atoms with Gasteiger partial charge in [0, 0.05) is 6.04 Å². The van der Waals surface area contributed by atoms with E-state index in [1.54, 1.807) is 17.0 Å². The molecular weight excluding hydrogens is 282 g/mol. The Hall–Kier alpha value is -2.04. The van der Waals surface area contributed by atoms with Crippen molar-refractivity contribution >= 4 is 11.9 Å². The maximum Gasteiger partial charge on any atom is 0.326 e. The average molecular weight is 303 g/mol. The highest BCUT2D eigenvalue weighted by Crippen LogP contribution is 2.39. The second-order valence-electron chi connectivity index (χ2n) is 6.10. The number of rotatable bonds is 4.